The van der Waals surface area contributed by atoms with Gasteiger partial charge in [-0.15, -0.1) is 0 Å². The summed E-state index contributed by atoms with van der Waals surface area (Å²) in [5, 5.41) is 0. The van der Waals surface area contributed by atoms with Crippen molar-refractivity contribution in [3.63, 3.8) is 0 Å². The minimum Gasteiger partial charge on any atom is -0.367 e. The number of alkyl halides is 3. The van der Waals surface area contributed by atoms with Gasteiger partial charge in [0.15, 0.2) is 0 Å². The van der Waals surface area contributed by atoms with Crippen LogP contribution in [0.4, 0.5) is 17.6 Å². The van der Waals surface area contributed by atoms with Gasteiger partial charge in [0.2, 0.25) is 5.91 Å². The van der Waals surface area contributed by atoms with E-state index in [2.05, 4.69) is 0 Å². The highest BCUT2D eigenvalue weighted by Gasteiger charge is 2.38. The molecule has 1 atom stereocenters. The number of carbonyl (C=O) groups excluding carboxylic acids is 1. The van der Waals surface area contributed by atoms with Gasteiger partial charge in [-0.3, -0.25) is 4.79 Å². The molecule has 1 fully saturated rings. The number of amides is 1. The molecule has 1 unspecified atom stereocenters. The lowest BCUT2D eigenvalue weighted by Crippen LogP contribution is -2.30. The standard InChI is InChI=1S/C20H24F4N2O/c1-12-15(19(25)27)10-18(26(12)11-13-5-3-2-4-6-13)16-9-14(20(22,23)24)7-8-17(16)21/h7-9,13,18H,2-6,10-11H2,1H3,(H2,25,27). The summed E-state index contributed by atoms with van der Waals surface area (Å²) >= 11 is 0. The number of hydrogen-bond acceptors (Lipinski definition) is 2. The number of nitrogens with two attached hydrogens (primary N) is 1. The first-order valence-electron chi connectivity index (χ1n) is 9.31. The molecule has 1 aromatic rings. The van der Waals surface area contributed by atoms with E-state index in [4.69, 9.17) is 5.73 Å². The van der Waals surface area contributed by atoms with Crippen molar-refractivity contribution in [2.75, 3.05) is 6.54 Å². The van der Waals surface area contributed by atoms with Gasteiger partial charge in [0.25, 0.3) is 0 Å². The molecule has 1 aliphatic heterocycles. The molecule has 7 heteroatoms. The molecule has 3 rings (SSSR count). The third-order valence-corrected chi connectivity index (χ3v) is 5.80. The quantitative estimate of drug-likeness (QED) is 0.748. The maximum atomic E-state index is 14.5. The maximum Gasteiger partial charge on any atom is 0.416 e. The summed E-state index contributed by atoms with van der Waals surface area (Å²) in [4.78, 5) is 13.7. The highest BCUT2D eigenvalue weighted by Crippen LogP contribution is 2.43. The van der Waals surface area contributed by atoms with Crippen LogP contribution in [0.5, 0.6) is 0 Å². The average molecular weight is 384 g/mol. The summed E-state index contributed by atoms with van der Waals surface area (Å²) in [5.41, 5.74) is 5.56. The number of halogens is 4. The molecular weight excluding hydrogens is 360 g/mol. The number of hydrogen-bond donors (Lipinski definition) is 1. The van der Waals surface area contributed by atoms with E-state index in [1.807, 2.05) is 4.90 Å². The summed E-state index contributed by atoms with van der Waals surface area (Å²) in [6.45, 7) is 2.34. The van der Waals surface area contributed by atoms with Gasteiger partial charge >= 0.3 is 6.18 Å². The molecule has 3 nitrogen and oxygen atoms in total. The summed E-state index contributed by atoms with van der Waals surface area (Å²) in [5.74, 6) is -0.909. The van der Waals surface area contributed by atoms with Gasteiger partial charge in [-0.05, 0) is 43.9 Å². The van der Waals surface area contributed by atoms with Crippen LogP contribution in [0.3, 0.4) is 0 Å². The van der Waals surface area contributed by atoms with Crippen LogP contribution in [-0.4, -0.2) is 17.4 Å². The van der Waals surface area contributed by atoms with E-state index in [-0.39, 0.29) is 12.0 Å². The third kappa shape index (κ3) is 4.12. The number of nitrogens with zero attached hydrogens (tertiary/aromatic N) is 1. The van der Waals surface area contributed by atoms with Gasteiger partial charge in [-0.2, -0.15) is 13.2 Å². The van der Waals surface area contributed by atoms with Crippen molar-refractivity contribution in [1.82, 2.24) is 4.90 Å². The van der Waals surface area contributed by atoms with Crippen LogP contribution < -0.4 is 5.73 Å². The highest BCUT2D eigenvalue weighted by molar-refractivity contribution is 5.93. The SMILES string of the molecule is CC1=C(C(N)=O)CC(c2cc(C(F)(F)F)ccc2F)N1CC1CCCCC1. The number of primary amides is 1. The first-order valence-corrected chi connectivity index (χ1v) is 9.31. The van der Waals surface area contributed by atoms with E-state index in [1.54, 1.807) is 6.92 Å². The zero-order valence-corrected chi connectivity index (χ0v) is 15.3. The maximum absolute atomic E-state index is 14.5. The van der Waals surface area contributed by atoms with Crippen molar-refractivity contribution < 1.29 is 22.4 Å². The molecule has 0 spiro atoms. The van der Waals surface area contributed by atoms with Crippen LogP contribution in [-0.2, 0) is 11.0 Å². The Labute approximate surface area is 156 Å². The van der Waals surface area contributed by atoms with Crippen LogP contribution in [0, 0.1) is 11.7 Å². The Hall–Kier alpha value is -2.05. The highest BCUT2D eigenvalue weighted by atomic mass is 19.4. The lowest BCUT2D eigenvalue weighted by atomic mass is 9.88. The Morgan fingerprint density at radius 2 is 1.89 bits per heavy atom. The molecule has 1 aromatic carbocycles. The fourth-order valence-corrected chi connectivity index (χ4v) is 4.30. The molecule has 0 aromatic heterocycles. The van der Waals surface area contributed by atoms with E-state index in [1.165, 1.54) is 6.42 Å². The molecular formula is C20H24F4N2O. The first-order chi connectivity index (χ1) is 12.7. The normalized spacial score (nSPS) is 21.8. The van der Waals surface area contributed by atoms with Gasteiger partial charge in [0.05, 0.1) is 11.6 Å². The summed E-state index contributed by atoms with van der Waals surface area (Å²) < 4.78 is 53.8. The van der Waals surface area contributed by atoms with Crippen molar-refractivity contribution in [2.24, 2.45) is 11.7 Å². The Balaban J connectivity index is 1.96. The predicted molar refractivity (Wildman–Crippen MR) is 93.9 cm³/mol. The van der Waals surface area contributed by atoms with E-state index in [0.717, 1.165) is 43.9 Å². The van der Waals surface area contributed by atoms with E-state index in [9.17, 15) is 22.4 Å². The van der Waals surface area contributed by atoms with E-state index < -0.39 is 29.5 Å². The van der Waals surface area contributed by atoms with Crippen LogP contribution in [0.2, 0.25) is 0 Å². The van der Waals surface area contributed by atoms with Crippen LogP contribution in [0.15, 0.2) is 29.5 Å². The molecule has 0 saturated heterocycles. The zero-order valence-electron chi connectivity index (χ0n) is 15.3. The van der Waals surface area contributed by atoms with Crippen molar-refractivity contribution >= 4 is 5.91 Å². The topological polar surface area (TPSA) is 46.3 Å². The second kappa shape index (κ2) is 7.52. The molecule has 148 valence electrons. The molecule has 1 heterocycles. The van der Waals surface area contributed by atoms with Crippen molar-refractivity contribution in [3.05, 3.63) is 46.4 Å². The van der Waals surface area contributed by atoms with Crippen molar-refractivity contribution in [3.8, 4) is 0 Å². The molecule has 1 aliphatic carbocycles. The van der Waals surface area contributed by atoms with Gasteiger partial charge in [-0.25, -0.2) is 4.39 Å². The predicted octanol–water partition coefficient (Wildman–Crippen LogP) is 4.93. The van der Waals surface area contributed by atoms with Gasteiger partial charge in [-0.1, -0.05) is 19.3 Å². The van der Waals surface area contributed by atoms with Crippen LogP contribution >= 0.6 is 0 Å². The first kappa shape index (κ1) is 19.7. The Kier molecular flexibility index (Phi) is 5.49. The molecule has 0 radical (unpaired) electrons. The second-order valence-electron chi connectivity index (χ2n) is 7.54. The lowest BCUT2D eigenvalue weighted by Gasteiger charge is -2.34. The largest absolute Gasteiger partial charge is 0.416 e. The summed E-state index contributed by atoms with van der Waals surface area (Å²) in [7, 11) is 0. The Morgan fingerprint density at radius 3 is 2.48 bits per heavy atom. The fraction of sp³-hybridized carbons (Fsp3) is 0.550. The average Bonchev–Trinajstić information content (AvgIpc) is 2.92. The van der Waals surface area contributed by atoms with Crippen LogP contribution in [0.25, 0.3) is 0 Å². The Bertz CT molecular complexity index is 751. The van der Waals surface area contributed by atoms with Gasteiger partial charge in [0, 0.05) is 29.8 Å². The molecule has 2 N–H and O–H groups in total. The van der Waals surface area contributed by atoms with Crippen LogP contribution in [0.1, 0.15) is 62.6 Å². The number of carbonyl (C=O) groups is 1. The summed E-state index contributed by atoms with van der Waals surface area (Å²) in [6.07, 6.45) is 1.07. The van der Waals surface area contributed by atoms with E-state index >= 15 is 0 Å². The Morgan fingerprint density at radius 1 is 1.22 bits per heavy atom. The molecule has 0 bridgehead atoms. The molecule has 1 saturated carbocycles. The monoisotopic (exact) mass is 384 g/mol. The minimum atomic E-state index is -4.55. The lowest BCUT2D eigenvalue weighted by molar-refractivity contribution is -0.137. The molecule has 1 amide bonds. The third-order valence-electron chi connectivity index (χ3n) is 5.80. The van der Waals surface area contributed by atoms with Crippen molar-refractivity contribution in [2.45, 2.75) is 57.7 Å². The minimum absolute atomic E-state index is 0.0313. The summed E-state index contributed by atoms with van der Waals surface area (Å²) in [6, 6.07) is 1.82. The smallest absolute Gasteiger partial charge is 0.367 e. The van der Waals surface area contributed by atoms with Crippen molar-refractivity contribution in [1.29, 1.82) is 0 Å². The van der Waals surface area contributed by atoms with E-state index in [0.29, 0.717) is 23.7 Å². The second-order valence-corrected chi connectivity index (χ2v) is 7.54. The zero-order chi connectivity index (χ0) is 19.8. The molecule has 2 aliphatic rings. The van der Waals surface area contributed by atoms with Gasteiger partial charge < -0.3 is 10.6 Å². The number of benzene rings is 1. The van der Waals surface area contributed by atoms with Gasteiger partial charge in [0.1, 0.15) is 5.82 Å². The molecule has 27 heavy (non-hydrogen) atoms. The number of rotatable bonds is 4. The fourth-order valence-electron chi connectivity index (χ4n) is 4.30. The number of allylic oxidation sites excluding steroid dienone is 1.